The maximum absolute atomic E-state index is 13.4. The van der Waals surface area contributed by atoms with Crippen molar-refractivity contribution in [3.8, 4) is 0 Å². The summed E-state index contributed by atoms with van der Waals surface area (Å²) in [5, 5.41) is 0. The molecule has 0 amide bonds. The van der Waals surface area contributed by atoms with E-state index >= 15 is 0 Å². The molecule has 0 aromatic heterocycles. The van der Waals surface area contributed by atoms with Crippen LogP contribution in [0.3, 0.4) is 0 Å². The molecule has 0 heterocycles. The van der Waals surface area contributed by atoms with Gasteiger partial charge in [-0.1, -0.05) is 24.3 Å². The van der Waals surface area contributed by atoms with E-state index in [1.165, 1.54) is 12.1 Å². The SMILES string of the molecule is CCOC(=O)[C@@H]1C(=O)C=C(c2ccc(N(C)C)cc2)C[C@H]1c1ccc(F)cc1. The van der Waals surface area contributed by atoms with Crippen molar-refractivity contribution in [2.45, 2.75) is 19.3 Å². The van der Waals surface area contributed by atoms with E-state index in [-0.39, 0.29) is 24.1 Å². The summed E-state index contributed by atoms with van der Waals surface area (Å²) < 4.78 is 18.5. The van der Waals surface area contributed by atoms with Crippen LogP contribution in [0.4, 0.5) is 10.1 Å². The van der Waals surface area contributed by atoms with Crippen molar-refractivity contribution >= 4 is 23.0 Å². The first kappa shape index (κ1) is 19.8. The monoisotopic (exact) mass is 381 g/mol. The molecular weight excluding hydrogens is 357 g/mol. The summed E-state index contributed by atoms with van der Waals surface area (Å²) in [6.45, 7) is 1.92. The molecule has 146 valence electrons. The summed E-state index contributed by atoms with van der Waals surface area (Å²) in [5.74, 6) is -2.45. The molecule has 5 heteroatoms. The Hall–Kier alpha value is -2.95. The van der Waals surface area contributed by atoms with Crippen LogP contribution in [-0.2, 0) is 14.3 Å². The maximum Gasteiger partial charge on any atom is 0.317 e. The third-order valence-corrected chi connectivity index (χ3v) is 5.06. The van der Waals surface area contributed by atoms with Gasteiger partial charge < -0.3 is 9.64 Å². The molecule has 28 heavy (non-hydrogen) atoms. The van der Waals surface area contributed by atoms with Gasteiger partial charge in [0.25, 0.3) is 0 Å². The largest absolute Gasteiger partial charge is 0.465 e. The Labute approximate surface area is 164 Å². The van der Waals surface area contributed by atoms with Crippen molar-refractivity contribution in [2.75, 3.05) is 25.6 Å². The standard InChI is InChI=1S/C23H24FNO3/c1-4-28-23(27)22-20(16-5-9-18(24)10-6-16)13-17(14-21(22)26)15-7-11-19(12-8-15)25(2)3/h5-12,14,20,22H,4,13H2,1-3H3/t20-,22-/m0/s1. The fraction of sp³-hybridized carbons (Fsp3) is 0.304. The zero-order valence-electron chi connectivity index (χ0n) is 16.3. The van der Waals surface area contributed by atoms with Gasteiger partial charge >= 0.3 is 5.97 Å². The van der Waals surface area contributed by atoms with Gasteiger partial charge in [0.2, 0.25) is 0 Å². The van der Waals surface area contributed by atoms with E-state index in [1.54, 1.807) is 25.1 Å². The molecule has 0 unspecified atom stereocenters. The lowest BCUT2D eigenvalue weighted by Crippen LogP contribution is -2.34. The quantitative estimate of drug-likeness (QED) is 0.575. The molecule has 0 saturated heterocycles. The normalized spacial score (nSPS) is 19.1. The van der Waals surface area contributed by atoms with E-state index in [1.807, 2.05) is 43.3 Å². The van der Waals surface area contributed by atoms with Crippen LogP contribution < -0.4 is 4.90 Å². The summed E-state index contributed by atoms with van der Waals surface area (Å²) in [7, 11) is 3.93. The Balaban J connectivity index is 1.98. The summed E-state index contributed by atoms with van der Waals surface area (Å²) >= 11 is 0. The van der Waals surface area contributed by atoms with E-state index < -0.39 is 11.9 Å². The van der Waals surface area contributed by atoms with Crippen LogP contribution in [0, 0.1) is 11.7 Å². The van der Waals surface area contributed by atoms with Crippen molar-refractivity contribution in [2.24, 2.45) is 5.92 Å². The predicted octanol–water partition coefficient (Wildman–Crippen LogP) is 4.21. The highest BCUT2D eigenvalue weighted by molar-refractivity contribution is 6.10. The van der Waals surface area contributed by atoms with Gasteiger partial charge in [-0.15, -0.1) is 0 Å². The number of carbonyl (C=O) groups is 2. The van der Waals surface area contributed by atoms with Crippen molar-refractivity contribution in [1.29, 1.82) is 0 Å². The third-order valence-electron chi connectivity index (χ3n) is 5.06. The van der Waals surface area contributed by atoms with E-state index in [0.717, 1.165) is 22.4 Å². The van der Waals surface area contributed by atoms with Crippen LogP contribution >= 0.6 is 0 Å². The highest BCUT2D eigenvalue weighted by atomic mass is 19.1. The first-order valence-electron chi connectivity index (χ1n) is 9.35. The molecule has 0 radical (unpaired) electrons. The summed E-state index contributed by atoms with van der Waals surface area (Å²) in [4.78, 5) is 27.3. The van der Waals surface area contributed by atoms with E-state index in [9.17, 15) is 14.0 Å². The summed E-state index contributed by atoms with van der Waals surface area (Å²) in [5.41, 5.74) is 3.62. The second-order valence-electron chi connectivity index (χ2n) is 7.11. The minimum atomic E-state index is -0.907. The molecule has 1 aliphatic rings. The number of ketones is 1. The molecule has 0 aliphatic heterocycles. The molecule has 4 nitrogen and oxygen atoms in total. The topological polar surface area (TPSA) is 46.6 Å². The number of esters is 1. The number of hydrogen-bond donors (Lipinski definition) is 0. The van der Waals surface area contributed by atoms with Gasteiger partial charge in [-0.2, -0.15) is 0 Å². The number of nitrogens with zero attached hydrogens (tertiary/aromatic N) is 1. The van der Waals surface area contributed by atoms with Gasteiger partial charge in [-0.25, -0.2) is 4.39 Å². The van der Waals surface area contributed by atoms with Gasteiger partial charge in [0.15, 0.2) is 5.78 Å². The molecule has 0 bridgehead atoms. The lowest BCUT2D eigenvalue weighted by molar-refractivity contribution is -0.151. The number of anilines is 1. The van der Waals surface area contributed by atoms with E-state index in [2.05, 4.69) is 0 Å². The van der Waals surface area contributed by atoms with Crippen molar-refractivity contribution in [1.82, 2.24) is 0 Å². The molecule has 0 saturated carbocycles. The number of benzene rings is 2. The average Bonchev–Trinajstić information content (AvgIpc) is 2.68. The smallest absolute Gasteiger partial charge is 0.317 e. The van der Waals surface area contributed by atoms with Crippen molar-refractivity contribution in [3.63, 3.8) is 0 Å². The second-order valence-corrected chi connectivity index (χ2v) is 7.11. The van der Waals surface area contributed by atoms with Gasteiger partial charge in [0, 0.05) is 25.7 Å². The molecule has 2 aromatic carbocycles. The van der Waals surface area contributed by atoms with Gasteiger partial charge in [0.05, 0.1) is 6.61 Å². The zero-order chi connectivity index (χ0) is 20.3. The second kappa shape index (κ2) is 8.38. The van der Waals surface area contributed by atoms with Crippen LogP contribution in [-0.4, -0.2) is 32.5 Å². The first-order chi connectivity index (χ1) is 13.4. The number of allylic oxidation sites excluding steroid dienone is 2. The Morgan fingerprint density at radius 2 is 1.75 bits per heavy atom. The number of ether oxygens (including phenoxy) is 1. The average molecular weight is 381 g/mol. The molecule has 2 aromatic rings. The molecule has 0 spiro atoms. The maximum atomic E-state index is 13.4. The first-order valence-corrected chi connectivity index (χ1v) is 9.35. The van der Waals surface area contributed by atoms with Crippen LogP contribution in [0.2, 0.25) is 0 Å². The minimum absolute atomic E-state index is 0.210. The number of rotatable bonds is 5. The fourth-order valence-corrected chi connectivity index (χ4v) is 3.58. The Morgan fingerprint density at radius 1 is 1.11 bits per heavy atom. The molecular formula is C23H24FNO3. The van der Waals surface area contributed by atoms with Crippen molar-refractivity contribution < 1.29 is 18.7 Å². The number of halogens is 1. The molecule has 3 rings (SSSR count). The highest BCUT2D eigenvalue weighted by Crippen LogP contribution is 2.40. The third kappa shape index (κ3) is 4.14. The Bertz CT molecular complexity index is 885. The molecule has 0 N–H and O–H groups in total. The van der Waals surface area contributed by atoms with Crippen LogP contribution in [0.15, 0.2) is 54.6 Å². The van der Waals surface area contributed by atoms with Gasteiger partial charge in [0.1, 0.15) is 11.7 Å². The molecule has 2 atom stereocenters. The zero-order valence-corrected chi connectivity index (χ0v) is 16.3. The van der Waals surface area contributed by atoms with E-state index in [0.29, 0.717) is 6.42 Å². The predicted molar refractivity (Wildman–Crippen MR) is 108 cm³/mol. The van der Waals surface area contributed by atoms with Crippen LogP contribution in [0.25, 0.3) is 5.57 Å². The number of carbonyl (C=O) groups excluding carboxylic acids is 2. The minimum Gasteiger partial charge on any atom is -0.465 e. The van der Waals surface area contributed by atoms with Crippen LogP contribution in [0.1, 0.15) is 30.4 Å². The van der Waals surface area contributed by atoms with Crippen molar-refractivity contribution in [3.05, 3.63) is 71.6 Å². The molecule has 1 aliphatic carbocycles. The lowest BCUT2D eigenvalue weighted by Gasteiger charge is -2.29. The summed E-state index contributed by atoms with van der Waals surface area (Å²) in [6, 6.07) is 13.9. The summed E-state index contributed by atoms with van der Waals surface area (Å²) in [6.07, 6.45) is 2.05. The molecule has 0 fully saturated rings. The fourth-order valence-electron chi connectivity index (χ4n) is 3.58. The van der Waals surface area contributed by atoms with Crippen LogP contribution in [0.5, 0.6) is 0 Å². The van der Waals surface area contributed by atoms with Gasteiger partial charge in [-0.05, 0) is 60.4 Å². The Kier molecular flexibility index (Phi) is 5.93. The lowest BCUT2D eigenvalue weighted by atomic mass is 9.73. The number of hydrogen-bond acceptors (Lipinski definition) is 4. The van der Waals surface area contributed by atoms with Gasteiger partial charge in [-0.3, -0.25) is 9.59 Å². The Morgan fingerprint density at radius 3 is 2.32 bits per heavy atom. The highest BCUT2D eigenvalue weighted by Gasteiger charge is 2.39. The van der Waals surface area contributed by atoms with E-state index in [4.69, 9.17) is 4.74 Å².